The molecule has 3 aromatic carbocycles. The van der Waals surface area contributed by atoms with Gasteiger partial charge in [0.2, 0.25) is 0 Å². The van der Waals surface area contributed by atoms with Crippen LogP contribution in [0.25, 0.3) is 11.1 Å². The topological polar surface area (TPSA) is 55.8 Å². The van der Waals surface area contributed by atoms with Gasteiger partial charge in [-0.15, -0.1) is 0 Å². The summed E-state index contributed by atoms with van der Waals surface area (Å²) >= 11 is 6.31. The van der Waals surface area contributed by atoms with Crippen molar-refractivity contribution in [1.29, 1.82) is 0 Å². The van der Waals surface area contributed by atoms with Crippen LogP contribution in [0.4, 0.5) is 0 Å². The summed E-state index contributed by atoms with van der Waals surface area (Å²) in [5.74, 6) is 0.760. The van der Waals surface area contributed by atoms with E-state index in [9.17, 15) is 9.90 Å². The zero-order valence-electron chi connectivity index (χ0n) is 18.4. The number of aromatic hydroxyl groups is 1. The smallest absolute Gasteiger partial charge is 0.343 e. The molecule has 0 aromatic heterocycles. The predicted molar refractivity (Wildman–Crippen MR) is 129 cm³/mol. The number of benzene rings is 3. The number of hydrogen-bond acceptors (Lipinski definition) is 4. The molecular formula is C27H29ClO4. The van der Waals surface area contributed by atoms with Gasteiger partial charge in [0.15, 0.2) is 0 Å². The number of ether oxygens (including phenoxy) is 2. The summed E-state index contributed by atoms with van der Waals surface area (Å²) in [5, 5.41) is 9.80. The van der Waals surface area contributed by atoms with Crippen LogP contribution >= 0.6 is 11.6 Å². The molecule has 0 spiro atoms. The molecule has 0 aliphatic heterocycles. The van der Waals surface area contributed by atoms with Gasteiger partial charge < -0.3 is 14.6 Å². The summed E-state index contributed by atoms with van der Waals surface area (Å²) in [6.45, 7) is 2.82. The van der Waals surface area contributed by atoms with E-state index in [-0.39, 0.29) is 5.75 Å². The zero-order chi connectivity index (χ0) is 22.8. The molecule has 0 saturated heterocycles. The lowest BCUT2D eigenvalue weighted by molar-refractivity contribution is 0.0734. The van der Waals surface area contributed by atoms with Gasteiger partial charge in [-0.1, -0.05) is 74.9 Å². The minimum atomic E-state index is -0.480. The third-order valence-corrected chi connectivity index (χ3v) is 5.48. The van der Waals surface area contributed by atoms with Crippen molar-refractivity contribution < 1.29 is 19.4 Å². The van der Waals surface area contributed by atoms with E-state index in [2.05, 4.69) is 6.92 Å². The lowest BCUT2D eigenvalue weighted by atomic mass is 10.1. The molecule has 0 unspecified atom stereocenters. The van der Waals surface area contributed by atoms with Gasteiger partial charge in [0.1, 0.15) is 17.2 Å². The lowest BCUT2D eigenvalue weighted by Crippen LogP contribution is -2.08. The van der Waals surface area contributed by atoms with Gasteiger partial charge in [-0.25, -0.2) is 4.79 Å². The molecule has 0 heterocycles. The van der Waals surface area contributed by atoms with Crippen LogP contribution < -0.4 is 9.47 Å². The van der Waals surface area contributed by atoms with Crippen molar-refractivity contribution in [2.24, 2.45) is 0 Å². The van der Waals surface area contributed by atoms with E-state index in [0.29, 0.717) is 28.7 Å². The molecule has 1 N–H and O–H groups in total. The first kappa shape index (κ1) is 23.7. The van der Waals surface area contributed by atoms with Crippen LogP contribution in [0.15, 0.2) is 66.7 Å². The van der Waals surface area contributed by atoms with E-state index in [1.54, 1.807) is 42.5 Å². The Kier molecular flexibility index (Phi) is 9.00. The third kappa shape index (κ3) is 7.03. The van der Waals surface area contributed by atoms with E-state index in [1.165, 1.54) is 25.7 Å². The Morgan fingerprint density at radius 3 is 2.12 bits per heavy atom. The highest BCUT2D eigenvalue weighted by atomic mass is 35.5. The van der Waals surface area contributed by atoms with Crippen LogP contribution in [0.1, 0.15) is 55.8 Å². The van der Waals surface area contributed by atoms with E-state index < -0.39 is 5.97 Å². The molecule has 3 rings (SSSR count). The molecule has 0 aliphatic carbocycles. The Morgan fingerprint density at radius 2 is 1.47 bits per heavy atom. The molecule has 32 heavy (non-hydrogen) atoms. The molecule has 0 saturated carbocycles. The van der Waals surface area contributed by atoms with Gasteiger partial charge >= 0.3 is 5.97 Å². The number of rotatable bonds is 11. The van der Waals surface area contributed by atoms with Crippen molar-refractivity contribution in [3.8, 4) is 28.4 Å². The van der Waals surface area contributed by atoms with E-state index in [0.717, 1.165) is 24.0 Å². The number of carbonyl (C=O) groups excluding carboxylic acids is 1. The number of phenols is 1. The molecule has 4 nitrogen and oxygen atoms in total. The molecule has 3 aromatic rings. The number of hydrogen-bond donors (Lipinski definition) is 1. The average molecular weight is 453 g/mol. The molecule has 0 bridgehead atoms. The van der Waals surface area contributed by atoms with E-state index in [1.807, 2.05) is 24.3 Å². The van der Waals surface area contributed by atoms with Crippen LogP contribution in [-0.2, 0) is 0 Å². The average Bonchev–Trinajstić information content (AvgIpc) is 2.80. The lowest BCUT2D eigenvalue weighted by Gasteiger charge is -2.10. The summed E-state index contributed by atoms with van der Waals surface area (Å²) in [6, 6.07) is 19.1. The van der Waals surface area contributed by atoms with E-state index >= 15 is 0 Å². The van der Waals surface area contributed by atoms with Crippen molar-refractivity contribution in [2.45, 2.75) is 45.4 Å². The summed E-state index contributed by atoms with van der Waals surface area (Å²) in [5.41, 5.74) is 2.29. The highest BCUT2D eigenvalue weighted by Gasteiger charge is 2.12. The molecule has 168 valence electrons. The van der Waals surface area contributed by atoms with Gasteiger partial charge in [-0.3, -0.25) is 0 Å². The van der Waals surface area contributed by atoms with E-state index in [4.69, 9.17) is 21.1 Å². The van der Waals surface area contributed by atoms with Gasteiger partial charge in [0.05, 0.1) is 17.2 Å². The Labute approximate surface area is 194 Å². The summed E-state index contributed by atoms with van der Waals surface area (Å²) < 4.78 is 11.2. The second-order valence-corrected chi connectivity index (χ2v) is 8.13. The maximum atomic E-state index is 12.5. The van der Waals surface area contributed by atoms with Crippen molar-refractivity contribution in [2.75, 3.05) is 6.61 Å². The standard InChI is InChI=1S/C27H29ClO4/c1-2-3-4-5-6-7-18-31-26-17-12-22(19-25(26)28)27(30)32-24-15-10-21(11-16-24)20-8-13-23(29)14-9-20/h8-17,19,29H,2-7,18H2,1H3. The fraction of sp³-hybridized carbons (Fsp3) is 0.296. The largest absolute Gasteiger partial charge is 0.508 e. The quantitative estimate of drug-likeness (QED) is 0.184. The number of carbonyl (C=O) groups is 1. The molecule has 0 aliphatic rings. The summed E-state index contributed by atoms with van der Waals surface area (Å²) in [6.07, 6.45) is 7.16. The Morgan fingerprint density at radius 1 is 0.844 bits per heavy atom. The first-order valence-corrected chi connectivity index (χ1v) is 11.5. The SMILES string of the molecule is CCCCCCCCOc1ccc(C(=O)Oc2ccc(-c3ccc(O)cc3)cc2)cc1Cl. The fourth-order valence-corrected chi connectivity index (χ4v) is 3.58. The highest BCUT2D eigenvalue weighted by molar-refractivity contribution is 6.32. The predicted octanol–water partition coefficient (Wildman–Crippen LogP) is 7.67. The van der Waals surface area contributed by atoms with Crippen molar-refractivity contribution in [3.05, 3.63) is 77.3 Å². The van der Waals surface area contributed by atoms with Crippen LogP contribution in [0.2, 0.25) is 5.02 Å². The number of unbranched alkanes of at least 4 members (excludes halogenated alkanes) is 5. The number of phenolic OH excluding ortho intramolecular Hbond substituents is 1. The maximum absolute atomic E-state index is 12.5. The molecule has 5 heteroatoms. The number of halogens is 1. The van der Waals surface area contributed by atoms with Crippen molar-refractivity contribution in [3.63, 3.8) is 0 Å². The first-order chi connectivity index (χ1) is 15.6. The normalized spacial score (nSPS) is 10.7. The first-order valence-electron chi connectivity index (χ1n) is 11.1. The summed E-state index contributed by atoms with van der Waals surface area (Å²) in [4.78, 5) is 12.5. The van der Waals surface area contributed by atoms with Crippen molar-refractivity contribution >= 4 is 17.6 Å². The second kappa shape index (κ2) is 12.2. The minimum absolute atomic E-state index is 0.219. The van der Waals surface area contributed by atoms with Crippen LogP contribution in [0.3, 0.4) is 0 Å². The Hall–Kier alpha value is -2.98. The van der Waals surface area contributed by atoms with Crippen LogP contribution in [0, 0.1) is 0 Å². The molecule has 0 amide bonds. The van der Waals surface area contributed by atoms with Gasteiger partial charge in [-0.05, 0) is 60.0 Å². The van der Waals surface area contributed by atoms with Crippen LogP contribution in [-0.4, -0.2) is 17.7 Å². The van der Waals surface area contributed by atoms with Crippen molar-refractivity contribution in [1.82, 2.24) is 0 Å². The zero-order valence-corrected chi connectivity index (χ0v) is 19.1. The molecule has 0 atom stereocenters. The maximum Gasteiger partial charge on any atom is 0.343 e. The number of esters is 1. The van der Waals surface area contributed by atoms with Crippen LogP contribution in [0.5, 0.6) is 17.2 Å². The third-order valence-electron chi connectivity index (χ3n) is 5.19. The second-order valence-electron chi connectivity index (χ2n) is 7.72. The van der Waals surface area contributed by atoms with Gasteiger partial charge in [0.25, 0.3) is 0 Å². The molecular weight excluding hydrogens is 424 g/mol. The molecule has 0 radical (unpaired) electrons. The Balaban J connectivity index is 1.51. The Bertz CT molecular complexity index is 997. The van der Waals surface area contributed by atoms with Gasteiger partial charge in [-0.2, -0.15) is 0 Å². The summed E-state index contributed by atoms with van der Waals surface area (Å²) in [7, 11) is 0. The van der Waals surface area contributed by atoms with Gasteiger partial charge in [0, 0.05) is 0 Å². The molecule has 0 fully saturated rings. The highest BCUT2D eigenvalue weighted by Crippen LogP contribution is 2.28. The fourth-order valence-electron chi connectivity index (χ4n) is 3.34. The monoisotopic (exact) mass is 452 g/mol. The minimum Gasteiger partial charge on any atom is -0.508 e.